The van der Waals surface area contributed by atoms with Crippen molar-refractivity contribution in [3.8, 4) is 5.75 Å². The van der Waals surface area contributed by atoms with Crippen LogP contribution in [0.3, 0.4) is 0 Å². The Morgan fingerprint density at radius 3 is 3.32 bits per heavy atom. The predicted molar refractivity (Wildman–Crippen MR) is 86.3 cm³/mol. The molecule has 1 N–H and O–H groups in total. The second-order valence-electron chi connectivity index (χ2n) is 6.44. The van der Waals surface area contributed by atoms with Crippen LogP contribution in [-0.4, -0.2) is 22.7 Å². The molecule has 3 heterocycles. The summed E-state index contributed by atoms with van der Waals surface area (Å²) in [6.07, 6.45) is 5.72. The van der Waals surface area contributed by atoms with E-state index in [0.717, 1.165) is 44.1 Å². The van der Waals surface area contributed by atoms with Gasteiger partial charge in [-0.05, 0) is 37.0 Å². The first-order valence-electron chi connectivity index (χ1n) is 8.28. The summed E-state index contributed by atoms with van der Waals surface area (Å²) in [6.45, 7) is 5.96. The van der Waals surface area contributed by atoms with Crippen LogP contribution >= 0.6 is 0 Å². The van der Waals surface area contributed by atoms with Crippen LogP contribution < -0.4 is 10.1 Å². The van der Waals surface area contributed by atoms with E-state index in [1.54, 1.807) is 0 Å². The van der Waals surface area contributed by atoms with Crippen molar-refractivity contribution in [2.45, 2.75) is 45.2 Å². The lowest BCUT2D eigenvalue weighted by Crippen LogP contribution is -2.26. The molecule has 0 bridgehead atoms. The van der Waals surface area contributed by atoms with Crippen LogP contribution in [0.25, 0.3) is 0 Å². The molecule has 0 aliphatic carbocycles. The molecule has 1 aromatic carbocycles. The first-order chi connectivity index (χ1) is 10.8. The molecule has 1 aromatic heterocycles. The van der Waals surface area contributed by atoms with E-state index in [1.807, 2.05) is 0 Å². The van der Waals surface area contributed by atoms with E-state index in [2.05, 4.69) is 41.2 Å². The lowest BCUT2D eigenvalue weighted by molar-refractivity contribution is 0.357. The van der Waals surface area contributed by atoms with Crippen molar-refractivity contribution in [3.05, 3.63) is 47.0 Å². The van der Waals surface area contributed by atoms with Gasteiger partial charge in [-0.15, -0.1) is 0 Å². The summed E-state index contributed by atoms with van der Waals surface area (Å²) in [6, 6.07) is 6.56. The SMILES string of the molecule is Cc1cn2c(n1)[C@H](CNCc1ccc3c(c1)CCO3)CCC2. The summed E-state index contributed by atoms with van der Waals surface area (Å²) in [5.41, 5.74) is 3.84. The molecule has 0 spiro atoms. The summed E-state index contributed by atoms with van der Waals surface area (Å²) < 4.78 is 7.89. The van der Waals surface area contributed by atoms with Crippen molar-refractivity contribution in [1.29, 1.82) is 0 Å². The highest BCUT2D eigenvalue weighted by Crippen LogP contribution is 2.27. The number of ether oxygens (including phenoxy) is 1. The summed E-state index contributed by atoms with van der Waals surface area (Å²) in [4.78, 5) is 4.71. The largest absolute Gasteiger partial charge is 0.493 e. The Balaban J connectivity index is 1.37. The van der Waals surface area contributed by atoms with Crippen molar-refractivity contribution >= 4 is 0 Å². The number of nitrogens with one attached hydrogen (secondary N) is 1. The molecular formula is C18H23N3O. The van der Waals surface area contributed by atoms with Crippen LogP contribution in [0.2, 0.25) is 0 Å². The first-order valence-corrected chi connectivity index (χ1v) is 8.28. The molecule has 0 amide bonds. The maximum atomic E-state index is 5.56. The Morgan fingerprint density at radius 1 is 1.41 bits per heavy atom. The van der Waals surface area contributed by atoms with Gasteiger partial charge in [0.15, 0.2) is 0 Å². The smallest absolute Gasteiger partial charge is 0.122 e. The summed E-state index contributed by atoms with van der Waals surface area (Å²) >= 11 is 0. The van der Waals surface area contributed by atoms with Crippen molar-refractivity contribution in [1.82, 2.24) is 14.9 Å². The molecule has 0 fully saturated rings. The molecule has 4 nitrogen and oxygen atoms in total. The number of fused-ring (bicyclic) bond motifs is 2. The zero-order chi connectivity index (χ0) is 14.9. The zero-order valence-corrected chi connectivity index (χ0v) is 13.1. The van der Waals surface area contributed by atoms with Gasteiger partial charge in [-0.2, -0.15) is 0 Å². The third-order valence-corrected chi connectivity index (χ3v) is 4.72. The van der Waals surface area contributed by atoms with Gasteiger partial charge in [0.1, 0.15) is 11.6 Å². The van der Waals surface area contributed by atoms with Crippen molar-refractivity contribution in [2.75, 3.05) is 13.2 Å². The van der Waals surface area contributed by atoms with E-state index in [9.17, 15) is 0 Å². The number of hydrogen-bond donors (Lipinski definition) is 1. The summed E-state index contributed by atoms with van der Waals surface area (Å²) in [5, 5.41) is 3.62. The van der Waals surface area contributed by atoms with Gasteiger partial charge >= 0.3 is 0 Å². The molecule has 2 aliphatic rings. The Kier molecular flexibility index (Phi) is 3.62. The maximum Gasteiger partial charge on any atom is 0.122 e. The molecule has 22 heavy (non-hydrogen) atoms. The minimum Gasteiger partial charge on any atom is -0.493 e. The highest BCUT2D eigenvalue weighted by Gasteiger charge is 2.22. The molecule has 0 saturated carbocycles. The van der Waals surface area contributed by atoms with Crippen LogP contribution in [-0.2, 0) is 19.5 Å². The monoisotopic (exact) mass is 297 g/mol. The number of nitrogens with zero attached hydrogens (tertiary/aromatic N) is 2. The number of aromatic nitrogens is 2. The molecule has 2 aromatic rings. The fourth-order valence-corrected chi connectivity index (χ4v) is 3.64. The van der Waals surface area contributed by atoms with E-state index in [4.69, 9.17) is 9.72 Å². The van der Waals surface area contributed by atoms with E-state index in [0.29, 0.717) is 5.92 Å². The number of hydrogen-bond acceptors (Lipinski definition) is 3. The fraction of sp³-hybridized carbons (Fsp3) is 0.500. The van der Waals surface area contributed by atoms with Crippen LogP contribution in [0, 0.1) is 6.92 Å². The van der Waals surface area contributed by atoms with Gasteiger partial charge < -0.3 is 14.6 Å². The Morgan fingerprint density at radius 2 is 2.36 bits per heavy atom. The van der Waals surface area contributed by atoms with Crippen LogP contribution in [0.15, 0.2) is 24.4 Å². The van der Waals surface area contributed by atoms with Crippen molar-refractivity contribution < 1.29 is 4.74 Å². The van der Waals surface area contributed by atoms with Crippen molar-refractivity contribution in [3.63, 3.8) is 0 Å². The minimum absolute atomic E-state index is 0.542. The van der Waals surface area contributed by atoms with Gasteiger partial charge in [0.2, 0.25) is 0 Å². The van der Waals surface area contributed by atoms with E-state index < -0.39 is 0 Å². The minimum atomic E-state index is 0.542. The number of rotatable bonds is 4. The van der Waals surface area contributed by atoms with Gasteiger partial charge in [0.25, 0.3) is 0 Å². The molecule has 0 unspecified atom stereocenters. The van der Waals surface area contributed by atoms with Gasteiger partial charge in [-0.1, -0.05) is 12.1 Å². The van der Waals surface area contributed by atoms with Crippen LogP contribution in [0.1, 0.15) is 41.4 Å². The first kappa shape index (κ1) is 13.8. The van der Waals surface area contributed by atoms with Gasteiger partial charge in [-0.25, -0.2) is 4.98 Å². The van der Waals surface area contributed by atoms with Gasteiger partial charge in [0, 0.05) is 38.2 Å². The molecule has 116 valence electrons. The average molecular weight is 297 g/mol. The lowest BCUT2D eigenvalue weighted by atomic mass is 9.99. The second-order valence-corrected chi connectivity index (χ2v) is 6.44. The quantitative estimate of drug-likeness (QED) is 0.943. The molecule has 0 radical (unpaired) electrons. The Labute approximate surface area is 131 Å². The summed E-state index contributed by atoms with van der Waals surface area (Å²) in [5.74, 6) is 2.87. The Bertz CT molecular complexity index is 677. The highest BCUT2D eigenvalue weighted by molar-refractivity contribution is 5.39. The highest BCUT2D eigenvalue weighted by atomic mass is 16.5. The molecule has 0 saturated heterocycles. The Hall–Kier alpha value is -1.81. The normalized spacial score (nSPS) is 19.6. The molecule has 4 rings (SSSR count). The van der Waals surface area contributed by atoms with Crippen LogP contribution in [0.4, 0.5) is 0 Å². The topological polar surface area (TPSA) is 39.1 Å². The molecule has 1 atom stereocenters. The lowest BCUT2D eigenvalue weighted by Gasteiger charge is -2.23. The van der Waals surface area contributed by atoms with E-state index in [-0.39, 0.29) is 0 Å². The number of benzene rings is 1. The van der Waals surface area contributed by atoms with Gasteiger partial charge in [-0.3, -0.25) is 0 Å². The molecular weight excluding hydrogens is 274 g/mol. The second kappa shape index (κ2) is 5.76. The maximum absolute atomic E-state index is 5.56. The summed E-state index contributed by atoms with van der Waals surface area (Å²) in [7, 11) is 0. The average Bonchev–Trinajstić information content (AvgIpc) is 3.12. The zero-order valence-electron chi connectivity index (χ0n) is 13.1. The van der Waals surface area contributed by atoms with Crippen molar-refractivity contribution in [2.24, 2.45) is 0 Å². The van der Waals surface area contributed by atoms with E-state index in [1.165, 1.54) is 29.8 Å². The third-order valence-electron chi connectivity index (χ3n) is 4.72. The number of aryl methyl sites for hydroxylation is 2. The third kappa shape index (κ3) is 2.63. The van der Waals surface area contributed by atoms with Crippen LogP contribution in [0.5, 0.6) is 5.75 Å². The molecule has 4 heteroatoms. The predicted octanol–water partition coefficient (Wildman–Crippen LogP) is 2.79. The van der Waals surface area contributed by atoms with E-state index >= 15 is 0 Å². The number of imidazole rings is 1. The fourth-order valence-electron chi connectivity index (χ4n) is 3.64. The van der Waals surface area contributed by atoms with Gasteiger partial charge in [0.05, 0.1) is 12.3 Å². The molecule has 2 aliphatic heterocycles. The standard InChI is InChI=1S/C18H23N3O/c1-13-12-21-7-2-3-16(18(21)20-13)11-19-10-14-4-5-17-15(9-14)6-8-22-17/h4-5,9,12,16,19H,2-3,6-8,10-11H2,1H3/t16-/m0/s1.